The summed E-state index contributed by atoms with van der Waals surface area (Å²) in [7, 11) is 0. The number of imide groups is 1. The summed E-state index contributed by atoms with van der Waals surface area (Å²) in [6.45, 7) is 6.30. The van der Waals surface area contributed by atoms with Crippen LogP contribution < -0.4 is 9.47 Å². The summed E-state index contributed by atoms with van der Waals surface area (Å²) in [5, 5.41) is 6.62. The number of carbonyl (C=O) groups is 2. The lowest BCUT2D eigenvalue weighted by atomic mass is 9.95. The molecule has 1 heterocycles. The summed E-state index contributed by atoms with van der Waals surface area (Å²) in [6, 6.07) is 14.3. The molecule has 0 aliphatic carbocycles. The van der Waals surface area contributed by atoms with E-state index < -0.39 is 11.8 Å². The highest BCUT2D eigenvalue weighted by atomic mass is 79.9. The first-order chi connectivity index (χ1) is 15.0. The van der Waals surface area contributed by atoms with Crippen molar-refractivity contribution in [3.8, 4) is 11.5 Å². The molecular weight excluding hydrogens is 460 g/mol. The molecule has 0 saturated heterocycles. The van der Waals surface area contributed by atoms with Crippen LogP contribution in [0.4, 0.5) is 0 Å². The van der Waals surface area contributed by atoms with Gasteiger partial charge < -0.3 is 9.47 Å². The SMILES string of the molecule is C=CCOc1c(Br)cc(/C=N\N2C(=O)c3cccc4cccc(c34)C2=O)cc1OCC. The Kier molecular flexibility index (Phi) is 5.86. The minimum atomic E-state index is -0.458. The highest BCUT2D eigenvalue weighted by Gasteiger charge is 2.32. The van der Waals surface area contributed by atoms with E-state index in [2.05, 4.69) is 27.6 Å². The molecule has 0 spiro atoms. The second kappa shape index (κ2) is 8.73. The molecule has 6 nitrogen and oxygen atoms in total. The quantitative estimate of drug-likeness (QED) is 0.266. The number of ether oxygens (including phenoxy) is 2. The van der Waals surface area contributed by atoms with Crippen LogP contribution in [0.15, 0.2) is 70.8 Å². The number of hydrogen-bond acceptors (Lipinski definition) is 5. The average Bonchev–Trinajstić information content (AvgIpc) is 2.77. The van der Waals surface area contributed by atoms with Gasteiger partial charge in [-0.05, 0) is 58.1 Å². The van der Waals surface area contributed by atoms with E-state index in [0.29, 0.717) is 51.3 Å². The van der Waals surface area contributed by atoms with E-state index in [-0.39, 0.29) is 0 Å². The lowest BCUT2D eigenvalue weighted by Gasteiger charge is -2.23. The highest BCUT2D eigenvalue weighted by molar-refractivity contribution is 9.10. The van der Waals surface area contributed by atoms with Gasteiger partial charge in [-0.2, -0.15) is 10.1 Å². The highest BCUT2D eigenvalue weighted by Crippen LogP contribution is 2.37. The first-order valence-corrected chi connectivity index (χ1v) is 10.5. The third-order valence-electron chi connectivity index (χ3n) is 4.75. The molecule has 0 bridgehead atoms. The van der Waals surface area contributed by atoms with Crippen molar-refractivity contribution in [1.29, 1.82) is 0 Å². The molecule has 0 radical (unpaired) electrons. The van der Waals surface area contributed by atoms with Gasteiger partial charge in [0.05, 0.1) is 28.4 Å². The summed E-state index contributed by atoms with van der Waals surface area (Å²) in [5.74, 6) is 0.150. The third kappa shape index (κ3) is 3.84. The molecule has 3 aromatic rings. The second-order valence-electron chi connectivity index (χ2n) is 6.74. The van der Waals surface area contributed by atoms with Gasteiger partial charge in [0.15, 0.2) is 11.5 Å². The van der Waals surface area contributed by atoms with E-state index in [4.69, 9.17) is 9.47 Å². The summed E-state index contributed by atoms with van der Waals surface area (Å²) in [5.41, 5.74) is 1.54. The Morgan fingerprint density at radius 1 is 1.06 bits per heavy atom. The first kappa shape index (κ1) is 20.8. The fraction of sp³-hybridized carbons (Fsp3) is 0.125. The van der Waals surface area contributed by atoms with E-state index in [9.17, 15) is 9.59 Å². The number of carbonyl (C=O) groups excluding carboxylic acids is 2. The Morgan fingerprint density at radius 2 is 1.74 bits per heavy atom. The van der Waals surface area contributed by atoms with E-state index in [1.54, 1.807) is 42.5 Å². The van der Waals surface area contributed by atoms with Crippen LogP contribution in [0.1, 0.15) is 33.2 Å². The molecule has 3 aromatic carbocycles. The molecule has 2 amide bonds. The van der Waals surface area contributed by atoms with Crippen molar-refractivity contribution in [2.45, 2.75) is 6.92 Å². The Balaban J connectivity index is 1.69. The zero-order valence-electron chi connectivity index (χ0n) is 16.8. The van der Waals surface area contributed by atoms with Gasteiger partial charge in [0.25, 0.3) is 11.8 Å². The van der Waals surface area contributed by atoms with Gasteiger partial charge in [-0.15, -0.1) is 0 Å². The van der Waals surface area contributed by atoms with Crippen molar-refractivity contribution >= 4 is 44.7 Å². The molecule has 156 valence electrons. The molecule has 0 saturated carbocycles. The molecule has 31 heavy (non-hydrogen) atoms. The van der Waals surface area contributed by atoms with Crippen molar-refractivity contribution < 1.29 is 19.1 Å². The molecule has 0 unspecified atom stereocenters. The Labute approximate surface area is 187 Å². The van der Waals surface area contributed by atoms with Crippen LogP contribution in [0.2, 0.25) is 0 Å². The van der Waals surface area contributed by atoms with E-state index in [0.717, 1.165) is 10.4 Å². The molecule has 0 N–H and O–H groups in total. The van der Waals surface area contributed by atoms with E-state index in [1.807, 2.05) is 19.1 Å². The molecule has 7 heteroatoms. The first-order valence-electron chi connectivity index (χ1n) is 9.69. The number of nitrogens with zero attached hydrogens (tertiary/aromatic N) is 2. The monoisotopic (exact) mass is 478 g/mol. The predicted octanol–water partition coefficient (Wildman–Crippen LogP) is 5.20. The maximum absolute atomic E-state index is 13.0. The van der Waals surface area contributed by atoms with Crippen LogP contribution in [-0.4, -0.2) is 36.3 Å². The zero-order chi connectivity index (χ0) is 22.0. The lowest BCUT2D eigenvalue weighted by Crippen LogP contribution is -2.36. The lowest BCUT2D eigenvalue weighted by molar-refractivity contribution is 0.0616. The largest absolute Gasteiger partial charge is 0.490 e. The smallest absolute Gasteiger partial charge is 0.282 e. The van der Waals surface area contributed by atoms with Gasteiger partial charge in [-0.3, -0.25) is 9.59 Å². The average molecular weight is 479 g/mol. The molecule has 1 aliphatic rings. The van der Waals surface area contributed by atoms with E-state index >= 15 is 0 Å². The maximum atomic E-state index is 13.0. The van der Waals surface area contributed by atoms with Crippen LogP contribution in [0.5, 0.6) is 11.5 Å². The van der Waals surface area contributed by atoms with Gasteiger partial charge in [-0.1, -0.05) is 36.9 Å². The number of hydrogen-bond donors (Lipinski definition) is 0. The molecule has 0 aromatic heterocycles. The number of halogens is 1. The van der Waals surface area contributed by atoms with Crippen LogP contribution in [0.25, 0.3) is 10.8 Å². The van der Waals surface area contributed by atoms with Crippen molar-refractivity contribution in [2.24, 2.45) is 5.10 Å². The number of amides is 2. The van der Waals surface area contributed by atoms with Gasteiger partial charge in [0, 0.05) is 5.39 Å². The minimum absolute atomic E-state index is 0.327. The summed E-state index contributed by atoms with van der Waals surface area (Å²) >= 11 is 3.48. The van der Waals surface area contributed by atoms with Gasteiger partial charge in [0.2, 0.25) is 0 Å². The zero-order valence-corrected chi connectivity index (χ0v) is 18.4. The summed E-state index contributed by atoms with van der Waals surface area (Å²) in [4.78, 5) is 25.9. The fourth-order valence-electron chi connectivity index (χ4n) is 3.45. The van der Waals surface area contributed by atoms with Gasteiger partial charge >= 0.3 is 0 Å². The number of rotatable bonds is 7. The van der Waals surface area contributed by atoms with E-state index in [1.165, 1.54) is 6.21 Å². The van der Waals surface area contributed by atoms with Crippen molar-refractivity contribution in [3.05, 3.63) is 82.3 Å². The molecule has 4 rings (SSSR count). The number of hydrazone groups is 1. The van der Waals surface area contributed by atoms with Crippen LogP contribution in [0, 0.1) is 0 Å². The topological polar surface area (TPSA) is 68.2 Å². The maximum Gasteiger partial charge on any atom is 0.282 e. The molecular formula is C24H19BrN2O4. The summed E-state index contributed by atoms with van der Waals surface area (Å²) < 4.78 is 12.0. The second-order valence-corrected chi connectivity index (χ2v) is 7.59. The Bertz CT molecular complexity index is 1180. The van der Waals surface area contributed by atoms with Gasteiger partial charge in [-0.25, -0.2) is 0 Å². The predicted molar refractivity (Wildman–Crippen MR) is 123 cm³/mol. The summed E-state index contributed by atoms with van der Waals surface area (Å²) in [6.07, 6.45) is 3.10. The van der Waals surface area contributed by atoms with Crippen molar-refractivity contribution in [1.82, 2.24) is 5.01 Å². The molecule has 0 atom stereocenters. The van der Waals surface area contributed by atoms with Crippen LogP contribution in [0.3, 0.4) is 0 Å². The molecule has 0 fully saturated rings. The van der Waals surface area contributed by atoms with Crippen molar-refractivity contribution in [2.75, 3.05) is 13.2 Å². The normalized spacial score (nSPS) is 13.2. The molecule has 1 aliphatic heterocycles. The van der Waals surface area contributed by atoms with Crippen molar-refractivity contribution in [3.63, 3.8) is 0 Å². The standard InChI is InChI=1S/C24H19BrN2O4/c1-3-11-31-22-19(25)12-15(13-20(22)30-4-2)14-26-27-23(28)17-9-5-7-16-8-6-10-18(21(16)17)24(27)29/h3,5-10,12-14H,1,4,11H2,2H3/b26-14-. The Morgan fingerprint density at radius 3 is 2.35 bits per heavy atom. The minimum Gasteiger partial charge on any atom is -0.490 e. The number of benzene rings is 3. The fourth-order valence-corrected chi connectivity index (χ4v) is 4.03. The van der Waals surface area contributed by atoms with Crippen LogP contribution in [-0.2, 0) is 0 Å². The van der Waals surface area contributed by atoms with Gasteiger partial charge in [0.1, 0.15) is 6.61 Å². The van der Waals surface area contributed by atoms with Crippen LogP contribution >= 0.6 is 15.9 Å². The third-order valence-corrected chi connectivity index (χ3v) is 5.34. The Hall–Kier alpha value is -3.45.